The molecule has 1 aliphatic rings. The number of aromatic nitrogens is 2. The summed E-state index contributed by atoms with van der Waals surface area (Å²) in [6.45, 7) is 3.41. The monoisotopic (exact) mass is 282 g/mol. The predicted molar refractivity (Wildman–Crippen MR) is 69.7 cm³/mol. The molecule has 2 unspecified atom stereocenters. The molecule has 0 amide bonds. The van der Waals surface area contributed by atoms with Crippen molar-refractivity contribution in [2.24, 2.45) is 13.0 Å². The van der Waals surface area contributed by atoms with Gasteiger partial charge in [0, 0.05) is 13.1 Å². The van der Waals surface area contributed by atoms with Crippen molar-refractivity contribution >= 4 is 10.0 Å². The molecule has 0 radical (unpaired) electrons. The molecule has 2 rings (SSSR count). The second kappa shape index (κ2) is 4.94. The first-order valence-corrected chi connectivity index (χ1v) is 7.77. The Kier molecular flexibility index (Phi) is 3.65. The van der Waals surface area contributed by atoms with Crippen LogP contribution < -0.4 is 4.72 Å². The normalized spacial score (nSPS) is 23.5. The molecular formula is C12H18N4O2S. The molecular weight excluding hydrogens is 264 g/mol. The fourth-order valence-corrected chi connectivity index (χ4v) is 4.41. The fraction of sp³-hybridized carbons (Fsp3) is 0.667. The first-order chi connectivity index (χ1) is 8.86. The van der Waals surface area contributed by atoms with Gasteiger partial charge >= 0.3 is 0 Å². The Balaban J connectivity index is 2.31. The minimum absolute atomic E-state index is 0.230. The topological polar surface area (TPSA) is 87.8 Å². The van der Waals surface area contributed by atoms with Crippen LogP contribution in [-0.2, 0) is 17.1 Å². The van der Waals surface area contributed by atoms with Gasteiger partial charge in [0.1, 0.15) is 4.90 Å². The molecule has 0 bridgehead atoms. The summed E-state index contributed by atoms with van der Waals surface area (Å²) in [5.41, 5.74) is 1.09. The summed E-state index contributed by atoms with van der Waals surface area (Å²) in [6, 6.07) is 1.89. The first kappa shape index (κ1) is 14.0. The molecule has 1 aliphatic carbocycles. The number of sulfonamides is 1. The minimum Gasteiger partial charge on any atom is -0.271 e. The lowest BCUT2D eigenvalue weighted by atomic mass is 10.1. The highest BCUT2D eigenvalue weighted by Gasteiger charge is 2.33. The molecule has 0 aliphatic heterocycles. The maximum atomic E-state index is 12.4. The van der Waals surface area contributed by atoms with E-state index in [9.17, 15) is 8.42 Å². The van der Waals surface area contributed by atoms with E-state index in [2.05, 4.69) is 15.9 Å². The first-order valence-electron chi connectivity index (χ1n) is 6.29. The molecule has 1 aromatic heterocycles. The lowest BCUT2D eigenvalue weighted by molar-refractivity contribution is 0.514. The van der Waals surface area contributed by atoms with E-state index in [4.69, 9.17) is 5.26 Å². The lowest BCUT2D eigenvalue weighted by Gasteiger charge is -2.15. The van der Waals surface area contributed by atoms with E-state index in [0.717, 1.165) is 19.3 Å². The quantitative estimate of drug-likeness (QED) is 0.896. The van der Waals surface area contributed by atoms with Crippen LogP contribution in [0.25, 0.3) is 0 Å². The smallest absolute Gasteiger partial charge is 0.244 e. The Morgan fingerprint density at radius 3 is 2.63 bits per heavy atom. The van der Waals surface area contributed by atoms with Gasteiger partial charge in [-0.1, -0.05) is 6.42 Å². The fourth-order valence-electron chi connectivity index (χ4n) is 2.66. The average Bonchev–Trinajstić information content (AvgIpc) is 2.84. The number of nitrogens with one attached hydrogen (secondary N) is 1. The largest absolute Gasteiger partial charge is 0.271 e. The van der Waals surface area contributed by atoms with Crippen molar-refractivity contribution in [3.63, 3.8) is 0 Å². The molecule has 0 spiro atoms. The van der Waals surface area contributed by atoms with Gasteiger partial charge < -0.3 is 0 Å². The minimum atomic E-state index is -3.61. The SMILES string of the molecule is Cc1nn(C)c(C)c1S(=O)(=O)NC1CCCC1C#N. The third-order valence-electron chi connectivity index (χ3n) is 3.70. The summed E-state index contributed by atoms with van der Waals surface area (Å²) in [6.07, 6.45) is 2.36. The van der Waals surface area contributed by atoms with Crippen LogP contribution in [0.2, 0.25) is 0 Å². The van der Waals surface area contributed by atoms with Gasteiger partial charge in [0.2, 0.25) is 10.0 Å². The van der Waals surface area contributed by atoms with Crippen molar-refractivity contribution in [2.45, 2.75) is 44.0 Å². The van der Waals surface area contributed by atoms with E-state index in [1.165, 1.54) is 0 Å². The highest BCUT2D eigenvalue weighted by molar-refractivity contribution is 7.89. The summed E-state index contributed by atoms with van der Waals surface area (Å²) >= 11 is 0. The van der Waals surface area contributed by atoms with Gasteiger partial charge in [0.05, 0.1) is 23.4 Å². The molecule has 104 valence electrons. The van der Waals surface area contributed by atoms with Crippen LogP contribution in [0.15, 0.2) is 4.90 Å². The van der Waals surface area contributed by atoms with Crippen LogP contribution >= 0.6 is 0 Å². The molecule has 2 atom stereocenters. The molecule has 7 heteroatoms. The van der Waals surface area contributed by atoms with Crippen molar-refractivity contribution in [2.75, 3.05) is 0 Å². The summed E-state index contributed by atoms with van der Waals surface area (Å²) < 4.78 is 29.1. The number of aryl methyl sites for hydroxylation is 2. The molecule has 6 nitrogen and oxygen atoms in total. The number of hydrogen-bond acceptors (Lipinski definition) is 4. The van der Waals surface area contributed by atoms with Crippen molar-refractivity contribution in [1.29, 1.82) is 5.26 Å². The van der Waals surface area contributed by atoms with E-state index in [1.807, 2.05) is 0 Å². The maximum Gasteiger partial charge on any atom is 0.244 e. The Bertz CT molecular complexity index is 627. The Morgan fingerprint density at radius 1 is 1.42 bits per heavy atom. The van der Waals surface area contributed by atoms with Gasteiger partial charge in [-0.3, -0.25) is 4.68 Å². The van der Waals surface area contributed by atoms with Crippen molar-refractivity contribution in [1.82, 2.24) is 14.5 Å². The summed E-state index contributed by atoms with van der Waals surface area (Å²) in [4.78, 5) is 0.235. The van der Waals surface area contributed by atoms with Gasteiger partial charge in [0.15, 0.2) is 0 Å². The van der Waals surface area contributed by atoms with Gasteiger partial charge in [-0.05, 0) is 26.7 Å². The molecule has 1 fully saturated rings. The third kappa shape index (κ3) is 2.51. The van der Waals surface area contributed by atoms with Crippen molar-refractivity contribution < 1.29 is 8.42 Å². The van der Waals surface area contributed by atoms with Gasteiger partial charge in [-0.2, -0.15) is 10.4 Å². The van der Waals surface area contributed by atoms with E-state index in [0.29, 0.717) is 11.4 Å². The van der Waals surface area contributed by atoms with Crippen LogP contribution in [0.3, 0.4) is 0 Å². The van der Waals surface area contributed by atoms with E-state index in [-0.39, 0.29) is 16.9 Å². The van der Waals surface area contributed by atoms with E-state index in [1.54, 1.807) is 25.6 Å². The number of rotatable bonds is 3. The van der Waals surface area contributed by atoms with E-state index >= 15 is 0 Å². The number of nitriles is 1. The zero-order valence-electron chi connectivity index (χ0n) is 11.3. The van der Waals surface area contributed by atoms with Gasteiger partial charge in [0.25, 0.3) is 0 Å². The van der Waals surface area contributed by atoms with Crippen LogP contribution in [-0.4, -0.2) is 24.2 Å². The Morgan fingerprint density at radius 2 is 2.11 bits per heavy atom. The zero-order valence-corrected chi connectivity index (χ0v) is 12.2. The molecule has 19 heavy (non-hydrogen) atoms. The second-order valence-corrected chi connectivity index (χ2v) is 6.67. The van der Waals surface area contributed by atoms with Gasteiger partial charge in [-0.15, -0.1) is 0 Å². The van der Waals surface area contributed by atoms with Crippen LogP contribution in [0.5, 0.6) is 0 Å². The molecule has 1 aromatic rings. The summed E-state index contributed by atoms with van der Waals surface area (Å²) in [5, 5.41) is 13.1. The lowest BCUT2D eigenvalue weighted by Crippen LogP contribution is -2.37. The molecule has 0 saturated heterocycles. The number of hydrogen-bond donors (Lipinski definition) is 1. The second-order valence-electron chi connectivity index (χ2n) is 5.02. The summed E-state index contributed by atoms with van der Waals surface area (Å²) in [7, 11) is -1.89. The predicted octanol–water partition coefficient (Wildman–Crippen LogP) is 1.01. The highest BCUT2D eigenvalue weighted by Crippen LogP contribution is 2.27. The van der Waals surface area contributed by atoms with Crippen LogP contribution in [0.1, 0.15) is 30.7 Å². The van der Waals surface area contributed by atoms with Crippen LogP contribution in [0, 0.1) is 31.1 Å². The van der Waals surface area contributed by atoms with Gasteiger partial charge in [-0.25, -0.2) is 13.1 Å². The van der Waals surface area contributed by atoms with Crippen molar-refractivity contribution in [3.8, 4) is 6.07 Å². The maximum absolute atomic E-state index is 12.4. The Hall–Kier alpha value is -1.39. The third-order valence-corrected chi connectivity index (χ3v) is 5.44. The standard InChI is InChI=1S/C12H18N4O2S/c1-8-12(9(2)16(3)14-8)19(17,18)15-11-6-4-5-10(11)7-13/h10-11,15H,4-6H2,1-3H3. The Labute approximate surface area is 113 Å². The molecule has 0 aromatic carbocycles. The molecule has 1 saturated carbocycles. The zero-order chi connectivity index (χ0) is 14.2. The average molecular weight is 282 g/mol. The van der Waals surface area contributed by atoms with E-state index < -0.39 is 10.0 Å². The number of nitrogens with zero attached hydrogens (tertiary/aromatic N) is 3. The van der Waals surface area contributed by atoms with Crippen LogP contribution in [0.4, 0.5) is 0 Å². The molecule has 1 N–H and O–H groups in total. The molecule has 1 heterocycles. The van der Waals surface area contributed by atoms with Crippen molar-refractivity contribution in [3.05, 3.63) is 11.4 Å². The summed E-state index contributed by atoms with van der Waals surface area (Å²) in [5.74, 6) is -0.230. The highest BCUT2D eigenvalue weighted by atomic mass is 32.2.